The molecule has 1 saturated heterocycles. The summed E-state index contributed by atoms with van der Waals surface area (Å²) in [5.74, 6) is 1.80. The quantitative estimate of drug-likeness (QED) is 0.215. The molecule has 0 bridgehead atoms. The SMILES string of the molecule is Cc1ccc(/C(=N/c2sc(-c3ccc(Cl)cc3)nc2-c2ccccc2)N2CCC(C)CC2)cc1. The Morgan fingerprint density at radius 3 is 2.26 bits per heavy atom. The summed E-state index contributed by atoms with van der Waals surface area (Å²) in [6, 6.07) is 26.9. The van der Waals surface area contributed by atoms with Crippen molar-refractivity contribution in [2.75, 3.05) is 13.1 Å². The highest BCUT2D eigenvalue weighted by molar-refractivity contribution is 7.19. The van der Waals surface area contributed by atoms with E-state index in [1.54, 1.807) is 11.3 Å². The van der Waals surface area contributed by atoms with E-state index in [-0.39, 0.29) is 0 Å². The third-order valence-corrected chi connectivity index (χ3v) is 7.60. The van der Waals surface area contributed by atoms with Gasteiger partial charge in [-0.25, -0.2) is 9.98 Å². The van der Waals surface area contributed by atoms with Crippen LogP contribution in [0.2, 0.25) is 5.02 Å². The van der Waals surface area contributed by atoms with Gasteiger partial charge in [-0.05, 0) is 37.8 Å². The molecule has 1 fully saturated rings. The molecule has 0 unspecified atom stereocenters. The second-order valence-corrected chi connectivity index (χ2v) is 10.4. The van der Waals surface area contributed by atoms with Gasteiger partial charge in [-0.2, -0.15) is 0 Å². The maximum absolute atomic E-state index is 6.13. The molecular formula is C29H28ClN3S. The van der Waals surface area contributed by atoms with Crippen molar-refractivity contribution in [3.63, 3.8) is 0 Å². The van der Waals surface area contributed by atoms with E-state index in [0.29, 0.717) is 0 Å². The smallest absolute Gasteiger partial charge is 0.146 e. The van der Waals surface area contributed by atoms with Gasteiger partial charge in [0, 0.05) is 34.8 Å². The molecule has 1 aliphatic heterocycles. The minimum atomic E-state index is 0.725. The zero-order chi connectivity index (χ0) is 23.5. The number of aromatic nitrogens is 1. The predicted octanol–water partition coefficient (Wildman–Crippen LogP) is 8.25. The second-order valence-electron chi connectivity index (χ2n) is 9.02. The lowest BCUT2D eigenvalue weighted by Crippen LogP contribution is -2.38. The molecule has 0 aliphatic carbocycles. The molecule has 1 aliphatic rings. The van der Waals surface area contributed by atoms with Crippen LogP contribution in [0.4, 0.5) is 5.00 Å². The maximum atomic E-state index is 6.13. The number of piperidine rings is 1. The third kappa shape index (κ3) is 5.08. The minimum absolute atomic E-state index is 0.725. The van der Waals surface area contributed by atoms with E-state index in [0.717, 1.165) is 62.3 Å². The number of nitrogens with zero attached hydrogens (tertiary/aromatic N) is 3. The maximum Gasteiger partial charge on any atom is 0.146 e. The van der Waals surface area contributed by atoms with Gasteiger partial charge in [-0.1, -0.05) is 102 Å². The summed E-state index contributed by atoms with van der Waals surface area (Å²) in [4.78, 5) is 12.8. The first-order valence-corrected chi connectivity index (χ1v) is 13.0. The Kier molecular flexibility index (Phi) is 6.80. The van der Waals surface area contributed by atoms with Gasteiger partial charge in [0.15, 0.2) is 0 Å². The van der Waals surface area contributed by atoms with Crippen LogP contribution in [0, 0.1) is 12.8 Å². The molecule has 0 saturated carbocycles. The Hall–Kier alpha value is -2.95. The Labute approximate surface area is 210 Å². The van der Waals surface area contributed by atoms with Gasteiger partial charge >= 0.3 is 0 Å². The molecular weight excluding hydrogens is 458 g/mol. The molecule has 2 heterocycles. The summed E-state index contributed by atoms with van der Waals surface area (Å²) in [6.07, 6.45) is 2.38. The Morgan fingerprint density at radius 1 is 0.912 bits per heavy atom. The number of likely N-dealkylation sites (tertiary alicyclic amines) is 1. The molecule has 3 aromatic carbocycles. The van der Waals surface area contributed by atoms with E-state index in [9.17, 15) is 0 Å². The monoisotopic (exact) mass is 485 g/mol. The van der Waals surface area contributed by atoms with Crippen LogP contribution in [0.25, 0.3) is 21.8 Å². The summed E-state index contributed by atoms with van der Waals surface area (Å²) in [6.45, 7) is 6.52. The van der Waals surface area contributed by atoms with Gasteiger partial charge in [0.1, 0.15) is 21.5 Å². The fourth-order valence-corrected chi connectivity index (χ4v) is 5.32. The largest absolute Gasteiger partial charge is 0.356 e. The Morgan fingerprint density at radius 2 is 1.59 bits per heavy atom. The van der Waals surface area contributed by atoms with Crippen LogP contribution >= 0.6 is 22.9 Å². The lowest BCUT2D eigenvalue weighted by atomic mass is 9.98. The third-order valence-electron chi connectivity index (χ3n) is 6.35. The van der Waals surface area contributed by atoms with Crippen molar-refractivity contribution in [3.8, 4) is 21.8 Å². The van der Waals surface area contributed by atoms with Crippen LogP contribution in [-0.4, -0.2) is 28.8 Å². The van der Waals surface area contributed by atoms with E-state index in [2.05, 4.69) is 67.3 Å². The van der Waals surface area contributed by atoms with Crippen molar-refractivity contribution < 1.29 is 0 Å². The average molecular weight is 486 g/mol. The molecule has 5 heteroatoms. The molecule has 34 heavy (non-hydrogen) atoms. The number of aryl methyl sites for hydroxylation is 1. The fourth-order valence-electron chi connectivity index (χ4n) is 4.22. The number of benzene rings is 3. The van der Waals surface area contributed by atoms with E-state index < -0.39 is 0 Å². The summed E-state index contributed by atoms with van der Waals surface area (Å²) < 4.78 is 0. The molecule has 5 rings (SSSR count). The van der Waals surface area contributed by atoms with E-state index >= 15 is 0 Å². The van der Waals surface area contributed by atoms with Crippen molar-refractivity contribution >= 4 is 33.8 Å². The van der Waals surface area contributed by atoms with Gasteiger partial charge in [0.25, 0.3) is 0 Å². The summed E-state index contributed by atoms with van der Waals surface area (Å²) in [7, 11) is 0. The number of hydrogen-bond donors (Lipinski definition) is 0. The lowest BCUT2D eigenvalue weighted by Gasteiger charge is -2.33. The van der Waals surface area contributed by atoms with E-state index in [4.69, 9.17) is 21.6 Å². The number of hydrogen-bond acceptors (Lipinski definition) is 3. The Balaban J connectivity index is 1.64. The first-order valence-electron chi connectivity index (χ1n) is 11.8. The second kappa shape index (κ2) is 10.1. The molecule has 0 N–H and O–H groups in total. The number of aliphatic imine (C=N–C) groups is 1. The van der Waals surface area contributed by atoms with Crippen LogP contribution in [0.3, 0.4) is 0 Å². The summed E-state index contributed by atoms with van der Waals surface area (Å²) in [5, 5.41) is 2.61. The minimum Gasteiger partial charge on any atom is -0.356 e. The highest BCUT2D eigenvalue weighted by Crippen LogP contribution is 2.40. The number of thiazole rings is 1. The van der Waals surface area contributed by atoms with Gasteiger partial charge in [0.2, 0.25) is 0 Å². The Bertz CT molecular complexity index is 1270. The van der Waals surface area contributed by atoms with Crippen molar-refractivity contribution in [2.45, 2.75) is 26.7 Å². The number of amidine groups is 1. The lowest BCUT2D eigenvalue weighted by molar-refractivity contribution is 0.281. The zero-order valence-electron chi connectivity index (χ0n) is 19.5. The topological polar surface area (TPSA) is 28.5 Å². The standard InChI is InChI=1S/C29H28ClN3S/c1-20-8-10-23(11-9-20)27(33-18-16-21(2)17-19-33)32-29-26(22-6-4-3-5-7-22)31-28(34-29)24-12-14-25(30)15-13-24/h3-15,21H,16-19H2,1-2H3/b32-27-. The molecule has 0 amide bonds. The molecule has 0 spiro atoms. The van der Waals surface area contributed by atoms with Crippen molar-refractivity contribution in [3.05, 3.63) is 95.0 Å². The van der Waals surface area contributed by atoms with Gasteiger partial charge < -0.3 is 4.90 Å². The summed E-state index contributed by atoms with van der Waals surface area (Å²) >= 11 is 7.77. The predicted molar refractivity (Wildman–Crippen MR) is 145 cm³/mol. The molecule has 172 valence electrons. The molecule has 4 aromatic rings. The van der Waals surface area contributed by atoms with Crippen LogP contribution in [0.5, 0.6) is 0 Å². The first-order chi connectivity index (χ1) is 16.6. The number of halogens is 1. The number of rotatable bonds is 4. The van der Waals surface area contributed by atoms with Crippen molar-refractivity contribution in [2.24, 2.45) is 10.9 Å². The van der Waals surface area contributed by atoms with Crippen LogP contribution in [0.1, 0.15) is 30.9 Å². The summed E-state index contributed by atoms with van der Waals surface area (Å²) in [5.41, 5.74) is 5.46. The van der Waals surface area contributed by atoms with E-state index in [1.807, 2.05) is 30.3 Å². The average Bonchev–Trinajstić information content (AvgIpc) is 3.29. The van der Waals surface area contributed by atoms with Crippen LogP contribution in [-0.2, 0) is 0 Å². The van der Waals surface area contributed by atoms with Gasteiger partial charge in [-0.3, -0.25) is 0 Å². The molecule has 0 atom stereocenters. The van der Waals surface area contributed by atoms with Gasteiger partial charge in [0.05, 0.1) is 0 Å². The van der Waals surface area contributed by atoms with Crippen LogP contribution < -0.4 is 0 Å². The highest BCUT2D eigenvalue weighted by atomic mass is 35.5. The zero-order valence-corrected chi connectivity index (χ0v) is 21.1. The van der Waals surface area contributed by atoms with Crippen molar-refractivity contribution in [1.29, 1.82) is 0 Å². The molecule has 1 aromatic heterocycles. The highest BCUT2D eigenvalue weighted by Gasteiger charge is 2.22. The van der Waals surface area contributed by atoms with Gasteiger partial charge in [-0.15, -0.1) is 0 Å². The van der Waals surface area contributed by atoms with Crippen molar-refractivity contribution in [1.82, 2.24) is 9.88 Å². The molecule has 3 nitrogen and oxygen atoms in total. The fraction of sp³-hybridized carbons (Fsp3) is 0.241. The van der Waals surface area contributed by atoms with E-state index in [1.165, 1.54) is 18.4 Å². The van der Waals surface area contributed by atoms with Crippen LogP contribution in [0.15, 0.2) is 83.9 Å². The first kappa shape index (κ1) is 22.8. The molecule has 0 radical (unpaired) electrons. The normalized spacial score (nSPS) is 15.0.